The molecule has 4 aliphatic rings. The minimum atomic E-state index is -3.87. The van der Waals surface area contributed by atoms with Gasteiger partial charge in [0.2, 0.25) is 21.8 Å². The highest BCUT2D eigenvalue weighted by Crippen LogP contribution is 2.46. The number of nitrogens with zero attached hydrogens (tertiary/aromatic N) is 1. The van der Waals surface area contributed by atoms with Crippen molar-refractivity contribution in [1.82, 2.24) is 20.3 Å². The van der Waals surface area contributed by atoms with E-state index in [9.17, 15) is 27.6 Å². The molecule has 2 saturated carbocycles. The van der Waals surface area contributed by atoms with Gasteiger partial charge in [-0.15, -0.1) is 0 Å². The number of benzene rings is 1. The van der Waals surface area contributed by atoms with E-state index >= 15 is 0 Å². The molecule has 0 spiro atoms. The number of sulfonamides is 1. The molecule has 3 fully saturated rings. The summed E-state index contributed by atoms with van der Waals surface area (Å²) in [5, 5.41) is 4.88. The average Bonchev–Trinajstić information content (AvgIpc) is 3.91. The number of amides is 4. The van der Waals surface area contributed by atoms with Crippen LogP contribution in [0.25, 0.3) is 0 Å². The molecule has 0 aromatic heterocycles. The molecule has 46 heavy (non-hydrogen) atoms. The fourth-order valence-electron chi connectivity index (χ4n) is 5.83. The number of ether oxygens (including phenoxy) is 3. The highest BCUT2D eigenvalue weighted by Gasteiger charge is 2.62. The summed E-state index contributed by atoms with van der Waals surface area (Å²) in [6.07, 6.45) is 4.16. The number of rotatable bonds is 7. The minimum absolute atomic E-state index is 0.0747. The molecule has 0 unspecified atom stereocenters. The van der Waals surface area contributed by atoms with Gasteiger partial charge in [-0.25, -0.2) is 13.2 Å². The molecule has 14 heteroatoms. The second kappa shape index (κ2) is 13.7. The topological polar surface area (TPSA) is 169 Å². The van der Waals surface area contributed by atoms with Crippen LogP contribution in [0.4, 0.5) is 4.79 Å². The Morgan fingerprint density at radius 2 is 1.87 bits per heavy atom. The zero-order valence-corrected chi connectivity index (χ0v) is 27.3. The van der Waals surface area contributed by atoms with Gasteiger partial charge in [0.05, 0.1) is 24.6 Å². The summed E-state index contributed by atoms with van der Waals surface area (Å²) in [6.45, 7) is 6.00. The monoisotopic (exact) mass is 660 g/mol. The Kier molecular flexibility index (Phi) is 10.1. The first-order valence-electron chi connectivity index (χ1n) is 15.9. The lowest BCUT2D eigenvalue weighted by Crippen LogP contribution is -2.58. The number of carbonyl (C=O) groups excluding carboxylic acids is 4. The van der Waals surface area contributed by atoms with Gasteiger partial charge in [0.1, 0.15) is 23.2 Å². The van der Waals surface area contributed by atoms with Crippen LogP contribution in [-0.2, 0) is 45.2 Å². The molecule has 1 aromatic rings. The van der Waals surface area contributed by atoms with Crippen LogP contribution >= 0.6 is 0 Å². The van der Waals surface area contributed by atoms with Gasteiger partial charge in [0, 0.05) is 25.5 Å². The number of carbonyl (C=O) groups is 4. The molecule has 252 valence electrons. The predicted octanol–water partition coefficient (Wildman–Crippen LogP) is 1.92. The summed E-state index contributed by atoms with van der Waals surface area (Å²) < 4.78 is 44.8. The summed E-state index contributed by atoms with van der Waals surface area (Å²) >= 11 is 0. The molecule has 5 atom stereocenters. The number of fused-ring (bicyclic) bond motifs is 2. The van der Waals surface area contributed by atoms with Gasteiger partial charge in [0.15, 0.2) is 0 Å². The molecule has 1 saturated heterocycles. The van der Waals surface area contributed by atoms with Crippen molar-refractivity contribution in [3.05, 3.63) is 48.0 Å². The third-order valence-corrected chi connectivity index (χ3v) is 10.3. The first-order chi connectivity index (χ1) is 21.8. The lowest BCUT2D eigenvalue weighted by Gasteiger charge is -2.30. The molecule has 13 nitrogen and oxygen atoms in total. The first-order valence-corrected chi connectivity index (χ1v) is 17.4. The SMILES string of the molecule is CC(C)(C)OC(=O)N[C@H]1CCCOC/C=C\[C@@H]2C[C@@]2(C(=O)NS(=O)(=O)C2CC2)NC(=O)[C@@H]2C[C@@H](OCc3ccccc3)CN2C1=O. The van der Waals surface area contributed by atoms with Gasteiger partial charge in [-0.05, 0) is 58.4 Å². The van der Waals surface area contributed by atoms with E-state index in [2.05, 4.69) is 15.4 Å². The predicted molar refractivity (Wildman–Crippen MR) is 167 cm³/mol. The van der Waals surface area contributed by atoms with Crippen molar-refractivity contribution in [3.63, 3.8) is 0 Å². The van der Waals surface area contributed by atoms with Crippen molar-refractivity contribution in [2.45, 2.75) is 100 Å². The van der Waals surface area contributed by atoms with Crippen LogP contribution in [0.3, 0.4) is 0 Å². The molecule has 1 aromatic carbocycles. The van der Waals surface area contributed by atoms with Gasteiger partial charge in [-0.2, -0.15) is 0 Å². The minimum Gasteiger partial charge on any atom is -0.444 e. The fraction of sp³-hybridized carbons (Fsp3) is 0.625. The van der Waals surface area contributed by atoms with E-state index in [-0.39, 0.29) is 39.0 Å². The molecule has 2 aliphatic heterocycles. The van der Waals surface area contributed by atoms with Crippen LogP contribution in [0, 0.1) is 5.92 Å². The Bertz CT molecular complexity index is 1440. The zero-order chi connectivity index (χ0) is 33.1. The third kappa shape index (κ3) is 8.45. The normalized spacial score (nSPS) is 29.7. The van der Waals surface area contributed by atoms with E-state index in [0.717, 1.165) is 5.56 Å². The van der Waals surface area contributed by atoms with Gasteiger partial charge in [-0.1, -0.05) is 42.5 Å². The van der Waals surface area contributed by atoms with Gasteiger partial charge in [-0.3, -0.25) is 19.1 Å². The summed E-state index contributed by atoms with van der Waals surface area (Å²) in [5.41, 5.74) is -1.37. The summed E-state index contributed by atoms with van der Waals surface area (Å²) in [7, 11) is -3.87. The van der Waals surface area contributed by atoms with Crippen LogP contribution in [0.2, 0.25) is 0 Å². The van der Waals surface area contributed by atoms with Crippen LogP contribution in [-0.4, -0.2) is 91.5 Å². The largest absolute Gasteiger partial charge is 0.444 e. The van der Waals surface area contributed by atoms with Gasteiger partial charge >= 0.3 is 6.09 Å². The molecule has 4 amide bonds. The van der Waals surface area contributed by atoms with Crippen molar-refractivity contribution in [1.29, 1.82) is 0 Å². The molecule has 3 N–H and O–H groups in total. The Hall–Kier alpha value is -3.49. The van der Waals surface area contributed by atoms with E-state index in [4.69, 9.17) is 14.2 Å². The van der Waals surface area contributed by atoms with Gasteiger partial charge < -0.3 is 29.7 Å². The summed E-state index contributed by atoms with van der Waals surface area (Å²) in [6, 6.07) is 7.44. The van der Waals surface area contributed by atoms with Crippen LogP contribution in [0.15, 0.2) is 42.5 Å². The van der Waals surface area contributed by atoms with E-state index < -0.39 is 74.3 Å². The van der Waals surface area contributed by atoms with Crippen molar-refractivity contribution in [3.8, 4) is 0 Å². The smallest absolute Gasteiger partial charge is 0.408 e. The summed E-state index contributed by atoms with van der Waals surface area (Å²) in [5.74, 6) is -2.36. The molecule has 2 aliphatic carbocycles. The highest BCUT2D eigenvalue weighted by atomic mass is 32.2. The summed E-state index contributed by atoms with van der Waals surface area (Å²) in [4.78, 5) is 55.8. The second-order valence-electron chi connectivity index (χ2n) is 13.5. The third-order valence-electron chi connectivity index (χ3n) is 8.49. The van der Waals surface area contributed by atoms with Gasteiger partial charge in [0.25, 0.3) is 5.91 Å². The Labute approximate surface area is 269 Å². The molecule has 2 heterocycles. The molecule has 0 radical (unpaired) electrons. The number of nitrogens with one attached hydrogen (secondary N) is 3. The molecular formula is C32H44N4O9S. The van der Waals surface area contributed by atoms with Crippen LogP contribution in [0.1, 0.15) is 64.9 Å². The first kappa shape index (κ1) is 33.9. The second-order valence-corrected chi connectivity index (χ2v) is 15.4. The maximum atomic E-state index is 14.1. The zero-order valence-electron chi connectivity index (χ0n) is 26.5. The van der Waals surface area contributed by atoms with E-state index in [1.54, 1.807) is 32.9 Å². The highest BCUT2D eigenvalue weighted by molar-refractivity contribution is 7.91. The van der Waals surface area contributed by atoms with Crippen molar-refractivity contribution < 1.29 is 41.8 Å². The quantitative estimate of drug-likeness (QED) is 0.370. The molecular weight excluding hydrogens is 616 g/mol. The molecule has 0 bridgehead atoms. The van der Waals surface area contributed by atoms with E-state index in [1.807, 2.05) is 30.3 Å². The Morgan fingerprint density at radius 1 is 1.13 bits per heavy atom. The molecule has 5 rings (SSSR count). The van der Waals surface area contributed by atoms with Crippen molar-refractivity contribution in [2.75, 3.05) is 19.8 Å². The fourth-order valence-corrected chi connectivity index (χ4v) is 7.20. The van der Waals surface area contributed by atoms with E-state index in [0.29, 0.717) is 25.9 Å². The average molecular weight is 661 g/mol. The van der Waals surface area contributed by atoms with Crippen LogP contribution < -0.4 is 15.4 Å². The Morgan fingerprint density at radius 3 is 2.57 bits per heavy atom. The van der Waals surface area contributed by atoms with Crippen molar-refractivity contribution in [2.24, 2.45) is 5.92 Å². The number of hydrogen-bond donors (Lipinski definition) is 3. The van der Waals surface area contributed by atoms with E-state index in [1.165, 1.54) is 4.90 Å². The number of alkyl carbamates (subject to hydrolysis) is 1. The maximum Gasteiger partial charge on any atom is 0.408 e. The lowest BCUT2D eigenvalue weighted by atomic mass is 10.1. The lowest BCUT2D eigenvalue weighted by molar-refractivity contribution is -0.141. The van der Waals surface area contributed by atoms with Crippen molar-refractivity contribution >= 4 is 33.8 Å². The number of hydrogen-bond acceptors (Lipinski definition) is 9. The maximum absolute atomic E-state index is 14.1. The standard InChI is InChI=1S/C32H44N4O9S/c1-31(2,3)45-30(40)33-25-12-8-16-43-15-7-11-22-18-32(22,29(39)35-46(41,42)24-13-14-24)34-27(37)26-17-23(19-36(26)28(25)38)44-20-21-9-5-4-6-10-21/h4-7,9-11,22-26H,8,12-20H2,1-3H3,(H,33,40)(H,34,37)(H,35,39)/b11-7-/t22-,23-,25+,26+,32-/m1/s1. The van der Waals surface area contributed by atoms with Crippen LogP contribution in [0.5, 0.6) is 0 Å². The Balaban J connectivity index is 1.40.